The van der Waals surface area contributed by atoms with E-state index in [1.807, 2.05) is 6.92 Å². The zero-order valence-corrected chi connectivity index (χ0v) is 9.20. The van der Waals surface area contributed by atoms with Crippen molar-refractivity contribution in [1.29, 1.82) is 0 Å². The van der Waals surface area contributed by atoms with Crippen LogP contribution in [0.2, 0.25) is 0 Å². The van der Waals surface area contributed by atoms with Gasteiger partial charge in [0.1, 0.15) is 11.9 Å². The molecule has 0 heterocycles. The first kappa shape index (κ1) is 13.5. The second-order valence-corrected chi connectivity index (χ2v) is 3.26. The first-order valence-corrected chi connectivity index (χ1v) is 5.37. The fourth-order valence-electron chi connectivity index (χ4n) is 1.24. The molecular weight excluding hydrogens is 180 g/mol. The fraction of sp³-hybridized carbons (Fsp3) is 0.818. The molecule has 0 aliphatic carbocycles. The largest absolute Gasteiger partial charge is 0.510 e. The van der Waals surface area contributed by atoms with Crippen molar-refractivity contribution in [2.45, 2.75) is 45.6 Å². The third-order valence-corrected chi connectivity index (χ3v) is 1.97. The maximum atomic E-state index is 9.62. The van der Waals surface area contributed by atoms with Gasteiger partial charge in [-0.25, -0.2) is 0 Å². The molecule has 2 N–H and O–H groups in total. The van der Waals surface area contributed by atoms with Gasteiger partial charge in [0.25, 0.3) is 0 Å². The average molecular weight is 202 g/mol. The molecule has 3 heteroatoms. The molecule has 0 saturated heterocycles. The molecule has 1 unspecified atom stereocenters. The number of hydrogen-bond donors (Lipinski definition) is 2. The summed E-state index contributed by atoms with van der Waals surface area (Å²) in [5, 5.41) is 18.2. The van der Waals surface area contributed by atoms with E-state index in [9.17, 15) is 5.11 Å². The molecule has 0 aromatic rings. The average Bonchev–Trinajstić information content (AvgIpc) is 2.18. The Labute approximate surface area is 86.4 Å². The summed E-state index contributed by atoms with van der Waals surface area (Å²) in [4.78, 5) is 0. The zero-order chi connectivity index (χ0) is 10.8. The molecular formula is C11H22O3. The SMILES string of the molecule is CCC=C(O)C(CCCC)OCCO. The van der Waals surface area contributed by atoms with Crippen molar-refractivity contribution in [3.05, 3.63) is 11.8 Å². The van der Waals surface area contributed by atoms with Crippen molar-refractivity contribution >= 4 is 0 Å². The number of ether oxygens (including phenoxy) is 1. The van der Waals surface area contributed by atoms with Gasteiger partial charge >= 0.3 is 0 Å². The van der Waals surface area contributed by atoms with E-state index < -0.39 is 0 Å². The summed E-state index contributed by atoms with van der Waals surface area (Å²) in [7, 11) is 0. The molecule has 0 aliphatic rings. The predicted octanol–water partition coefficient (Wildman–Crippen LogP) is 2.41. The lowest BCUT2D eigenvalue weighted by atomic mass is 10.1. The smallest absolute Gasteiger partial charge is 0.117 e. The first-order valence-electron chi connectivity index (χ1n) is 5.37. The van der Waals surface area contributed by atoms with Crippen LogP contribution >= 0.6 is 0 Å². The quantitative estimate of drug-likeness (QED) is 0.594. The minimum atomic E-state index is -0.234. The van der Waals surface area contributed by atoms with Crippen LogP contribution in [0.3, 0.4) is 0 Å². The molecule has 0 radical (unpaired) electrons. The standard InChI is InChI=1S/C11H22O3/c1-3-5-7-11(14-9-8-12)10(13)6-4-2/h6,11-13H,3-5,7-9H2,1-2H3. The lowest BCUT2D eigenvalue weighted by molar-refractivity contribution is 0.0211. The lowest BCUT2D eigenvalue weighted by Gasteiger charge is -2.16. The van der Waals surface area contributed by atoms with Crippen LogP contribution in [0.15, 0.2) is 11.8 Å². The van der Waals surface area contributed by atoms with Gasteiger partial charge in [-0.05, 0) is 18.9 Å². The molecule has 0 fully saturated rings. The van der Waals surface area contributed by atoms with Crippen LogP contribution in [-0.2, 0) is 4.74 Å². The summed E-state index contributed by atoms with van der Waals surface area (Å²) in [6.45, 7) is 4.36. The molecule has 0 aromatic carbocycles. The van der Waals surface area contributed by atoms with E-state index in [-0.39, 0.29) is 19.3 Å². The Hall–Kier alpha value is -0.540. The van der Waals surface area contributed by atoms with Gasteiger partial charge in [0.2, 0.25) is 0 Å². The minimum Gasteiger partial charge on any atom is -0.510 e. The predicted molar refractivity (Wildman–Crippen MR) is 57.4 cm³/mol. The summed E-state index contributed by atoms with van der Waals surface area (Å²) in [6.07, 6.45) is 5.26. The van der Waals surface area contributed by atoms with Crippen LogP contribution in [-0.4, -0.2) is 29.5 Å². The van der Waals surface area contributed by atoms with Gasteiger partial charge in [0, 0.05) is 0 Å². The first-order chi connectivity index (χ1) is 6.76. The lowest BCUT2D eigenvalue weighted by Crippen LogP contribution is -2.18. The summed E-state index contributed by atoms with van der Waals surface area (Å²) in [6, 6.07) is 0. The minimum absolute atomic E-state index is 0.00201. The Morgan fingerprint density at radius 1 is 1.43 bits per heavy atom. The van der Waals surface area contributed by atoms with Crippen LogP contribution in [0.4, 0.5) is 0 Å². The van der Waals surface area contributed by atoms with E-state index in [0.29, 0.717) is 5.76 Å². The topological polar surface area (TPSA) is 49.7 Å². The van der Waals surface area contributed by atoms with Crippen LogP contribution in [0, 0.1) is 0 Å². The summed E-state index contributed by atoms with van der Waals surface area (Å²) in [5.74, 6) is 0.300. The molecule has 0 amide bonds. The van der Waals surface area contributed by atoms with Crippen molar-refractivity contribution in [1.82, 2.24) is 0 Å². The molecule has 0 aliphatic heterocycles. The number of rotatable bonds is 8. The van der Waals surface area contributed by atoms with Crippen LogP contribution < -0.4 is 0 Å². The Balaban J connectivity index is 4.01. The van der Waals surface area contributed by atoms with Gasteiger partial charge < -0.3 is 14.9 Å². The molecule has 0 spiro atoms. The third kappa shape index (κ3) is 6.00. The molecule has 0 saturated carbocycles. The highest BCUT2D eigenvalue weighted by Gasteiger charge is 2.12. The Bertz CT molecular complexity index is 147. The summed E-state index contributed by atoms with van der Waals surface area (Å²) >= 11 is 0. The second kappa shape index (κ2) is 9.03. The Morgan fingerprint density at radius 3 is 2.64 bits per heavy atom. The number of allylic oxidation sites excluding steroid dienone is 1. The van der Waals surface area contributed by atoms with E-state index in [0.717, 1.165) is 25.7 Å². The molecule has 0 bridgehead atoms. The van der Waals surface area contributed by atoms with Crippen molar-refractivity contribution in [2.24, 2.45) is 0 Å². The zero-order valence-electron chi connectivity index (χ0n) is 9.20. The van der Waals surface area contributed by atoms with E-state index in [4.69, 9.17) is 9.84 Å². The van der Waals surface area contributed by atoms with Crippen molar-refractivity contribution < 1.29 is 14.9 Å². The summed E-state index contributed by atoms with van der Waals surface area (Å²) in [5.41, 5.74) is 0. The second-order valence-electron chi connectivity index (χ2n) is 3.26. The van der Waals surface area contributed by atoms with Gasteiger partial charge in [-0.15, -0.1) is 0 Å². The van der Waals surface area contributed by atoms with E-state index in [1.54, 1.807) is 6.08 Å². The Morgan fingerprint density at radius 2 is 2.14 bits per heavy atom. The van der Waals surface area contributed by atoms with Crippen LogP contribution in [0.5, 0.6) is 0 Å². The number of hydrogen-bond acceptors (Lipinski definition) is 3. The third-order valence-electron chi connectivity index (χ3n) is 1.97. The summed E-state index contributed by atoms with van der Waals surface area (Å²) < 4.78 is 5.34. The Kier molecular flexibility index (Phi) is 8.68. The van der Waals surface area contributed by atoms with Crippen molar-refractivity contribution in [2.75, 3.05) is 13.2 Å². The highest BCUT2D eigenvalue weighted by molar-refractivity contribution is 4.97. The molecule has 0 rings (SSSR count). The molecule has 1 atom stereocenters. The van der Waals surface area contributed by atoms with Gasteiger partial charge in [0.15, 0.2) is 0 Å². The van der Waals surface area contributed by atoms with Crippen LogP contribution in [0.25, 0.3) is 0 Å². The number of unbranched alkanes of at least 4 members (excludes halogenated alkanes) is 1. The maximum absolute atomic E-state index is 9.62. The van der Waals surface area contributed by atoms with E-state index in [1.165, 1.54) is 0 Å². The van der Waals surface area contributed by atoms with E-state index >= 15 is 0 Å². The van der Waals surface area contributed by atoms with Gasteiger partial charge in [-0.1, -0.05) is 26.7 Å². The van der Waals surface area contributed by atoms with Gasteiger partial charge in [-0.2, -0.15) is 0 Å². The molecule has 3 nitrogen and oxygen atoms in total. The van der Waals surface area contributed by atoms with Crippen molar-refractivity contribution in [3.8, 4) is 0 Å². The normalized spacial score (nSPS) is 14.4. The number of aliphatic hydroxyl groups is 2. The molecule has 0 aromatic heterocycles. The van der Waals surface area contributed by atoms with E-state index in [2.05, 4.69) is 6.92 Å². The monoisotopic (exact) mass is 202 g/mol. The molecule has 84 valence electrons. The maximum Gasteiger partial charge on any atom is 0.117 e. The van der Waals surface area contributed by atoms with Crippen molar-refractivity contribution in [3.63, 3.8) is 0 Å². The van der Waals surface area contributed by atoms with Gasteiger partial charge in [-0.3, -0.25) is 0 Å². The molecule has 14 heavy (non-hydrogen) atoms. The fourth-order valence-corrected chi connectivity index (χ4v) is 1.24. The van der Waals surface area contributed by atoms with Gasteiger partial charge in [0.05, 0.1) is 13.2 Å². The highest BCUT2D eigenvalue weighted by atomic mass is 16.5. The highest BCUT2D eigenvalue weighted by Crippen LogP contribution is 2.12. The van der Waals surface area contributed by atoms with Crippen LogP contribution in [0.1, 0.15) is 39.5 Å². The number of aliphatic hydroxyl groups excluding tert-OH is 2.